The molecule has 0 fully saturated rings. The second kappa shape index (κ2) is 14.8. The van der Waals surface area contributed by atoms with Crippen LogP contribution in [0.15, 0.2) is 128 Å². The van der Waals surface area contributed by atoms with Gasteiger partial charge in [0.1, 0.15) is 11.6 Å². The van der Waals surface area contributed by atoms with Crippen molar-refractivity contribution in [3.05, 3.63) is 151 Å². The molecule has 0 radical (unpaired) electrons. The number of nitrogens with zero attached hydrogens (tertiary/aromatic N) is 4. The molecule has 0 atom stereocenters. The molecule has 0 unspecified atom stereocenters. The van der Waals surface area contributed by atoms with Crippen molar-refractivity contribution in [1.29, 1.82) is 0 Å². The van der Waals surface area contributed by atoms with E-state index in [1.807, 2.05) is 42.9 Å². The Morgan fingerprint density at radius 3 is 1.91 bits per heavy atom. The van der Waals surface area contributed by atoms with Gasteiger partial charge < -0.3 is 5.11 Å². The van der Waals surface area contributed by atoms with Gasteiger partial charge in [0, 0.05) is 50.9 Å². The van der Waals surface area contributed by atoms with Crippen LogP contribution in [0.25, 0.3) is 72.4 Å². The van der Waals surface area contributed by atoms with Gasteiger partial charge in [0.15, 0.2) is 0 Å². The first-order valence-corrected chi connectivity index (χ1v) is 19.4. The Bertz CT molecular complexity index is 2750. The number of fused-ring (bicyclic) bond motifs is 2. The van der Waals surface area contributed by atoms with E-state index >= 15 is 0 Å². The van der Waals surface area contributed by atoms with Crippen molar-refractivity contribution in [1.82, 2.24) is 19.5 Å². The number of pyridine rings is 2. The van der Waals surface area contributed by atoms with Gasteiger partial charge in [-0.25, -0.2) is 4.98 Å². The number of phenols is 1. The third-order valence-corrected chi connectivity index (χ3v) is 10.8. The van der Waals surface area contributed by atoms with E-state index in [4.69, 9.17) is 9.97 Å². The van der Waals surface area contributed by atoms with Crippen molar-refractivity contribution in [2.45, 2.75) is 78.6 Å². The number of imidazole rings is 1. The fraction of sp³-hybridized carbons (Fsp3) is 0.235. The van der Waals surface area contributed by atoms with Gasteiger partial charge in [-0.1, -0.05) is 116 Å². The van der Waals surface area contributed by atoms with Crippen molar-refractivity contribution in [2.24, 2.45) is 0 Å². The van der Waals surface area contributed by atoms with Crippen LogP contribution in [0, 0.1) is 6.07 Å². The van der Waals surface area contributed by atoms with E-state index in [1.54, 1.807) is 6.07 Å². The minimum atomic E-state index is -0.164. The topological polar surface area (TPSA) is 63.8 Å². The molecule has 1 N–H and O–H groups in total. The Hall–Kier alpha value is -5.38. The molecular formula is C51H49N4OPt-. The molecular weight excluding hydrogens is 880 g/mol. The maximum Gasteiger partial charge on any atom is 0.148 e. The van der Waals surface area contributed by atoms with Crippen LogP contribution in [0.4, 0.5) is 0 Å². The summed E-state index contributed by atoms with van der Waals surface area (Å²) in [5.74, 6) is 0.878. The van der Waals surface area contributed by atoms with Gasteiger partial charge in [-0.3, -0.25) is 14.5 Å². The molecule has 5 nitrogen and oxygen atoms in total. The van der Waals surface area contributed by atoms with Gasteiger partial charge >= 0.3 is 0 Å². The van der Waals surface area contributed by atoms with Crippen LogP contribution in [0.2, 0.25) is 0 Å². The molecule has 5 aromatic carbocycles. The first-order valence-electron chi connectivity index (χ1n) is 19.4. The first-order chi connectivity index (χ1) is 26.6. The Morgan fingerprint density at radius 1 is 0.561 bits per heavy atom. The molecule has 8 rings (SSSR count). The van der Waals surface area contributed by atoms with Crippen molar-refractivity contribution in [3.63, 3.8) is 0 Å². The summed E-state index contributed by atoms with van der Waals surface area (Å²) in [6.07, 6.45) is 5.63. The van der Waals surface area contributed by atoms with E-state index in [9.17, 15) is 5.11 Å². The first kappa shape index (κ1) is 39.8. The Balaban J connectivity index is 0.00000496. The summed E-state index contributed by atoms with van der Waals surface area (Å²) in [5, 5.41) is 12.5. The molecule has 0 saturated carbocycles. The van der Waals surface area contributed by atoms with Crippen molar-refractivity contribution in [2.75, 3.05) is 0 Å². The van der Waals surface area contributed by atoms with Crippen molar-refractivity contribution in [3.8, 4) is 56.2 Å². The number of hydrogen-bond donors (Lipinski definition) is 1. The minimum absolute atomic E-state index is 0. The molecule has 0 spiro atoms. The Morgan fingerprint density at radius 2 is 1.25 bits per heavy atom. The van der Waals surface area contributed by atoms with Crippen LogP contribution >= 0.6 is 0 Å². The smallest absolute Gasteiger partial charge is 0.148 e. The van der Waals surface area contributed by atoms with Gasteiger partial charge in [0.2, 0.25) is 0 Å². The monoisotopic (exact) mass is 928 g/mol. The molecule has 0 aliphatic heterocycles. The van der Waals surface area contributed by atoms with Gasteiger partial charge in [0.05, 0.1) is 16.6 Å². The Kier molecular flexibility index (Phi) is 10.4. The maximum atomic E-state index is 11.4. The molecule has 57 heavy (non-hydrogen) atoms. The van der Waals surface area contributed by atoms with Gasteiger partial charge in [-0.05, 0) is 98.5 Å². The maximum absolute atomic E-state index is 11.4. The standard InChI is InChI=1S/C51H49N4O.Pt/c1-49(2,3)36-18-19-45(56)42(31-36)48-54-47-39(16-13-17-44(47)55(48)38-14-11-10-12-15-38)34-26-35(28-37(27-34)50(4,5)6)40-29-33(32-20-23-52-24-21-32)30-41-43(51(7,8)9)22-25-53-46(40)41;/h10-25,27-31,56H,1-9H3;/q-1;. The zero-order chi connectivity index (χ0) is 39.6. The Labute approximate surface area is 351 Å². The fourth-order valence-electron chi connectivity index (χ4n) is 7.64. The zero-order valence-corrected chi connectivity index (χ0v) is 36.4. The molecule has 0 saturated heterocycles. The summed E-state index contributed by atoms with van der Waals surface area (Å²) in [7, 11) is 0. The summed E-state index contributed by atoms with van der Waals surface area (Å²) < 4.78 is 2.17. The van der Waals surface area contributed by atoms with E-state index in [0.29, 0.717) is 11.4 Å². The van der Waals surface area contributed by atoms with Crippen molar-refractivity contribution < 1.29 is 26.2 Å². The average molecular weight is 929 g/mol. The number of phenolic OH excluding ortho intramolecular Hbond substituents is 1. The van der Waals surface area contributed by atoms with E-state index in [0.717, 1.165) is 66.6 Å². The summed E-state index contributed by atoms with van der Waals surface area (Å²) in [4.78, 5) is 14.8. The normalized spacial score (nSPS) is 12.2. The number of aromatic nitrogens is 4. The molecule has 290 valence electrons. The third kappa shape index (κ3) is 7.58. The fourth-order valence-corrected chi connectivity index (χ4v) is 7.64. The van der Waals surface area contributed by atoms with Gasteiger partial charge in [-0.15, -0.1) is 34.9 Å². The predicted molar refractivity (Wildman–Crippen MR) is 233 cm³/mol. The second-order valence-corrected chi connectivity index (χ2v) is 18.0. The summed E-state index contributed by atoms with van der Waals surface area (Å²) in [6.45, 7) is 20.1. The van der Waals surface area contributed by atoms with E-state index in [1.165, 1.54) is 11.1 Å². The summed E-state index contributed by atoms with van der Waals surface area (Å²) in [5.41, 5.74) is 13.7. The molecule has 3 heterocycles. The molecule has 6 heteroatoms. The number of benzene rings is 5. The number of aromatic hydroxyl groups is 1. The minimum Gasteiger partial charge on any atom is -0.507 e. The average Bonchev–Trinajstić information content (AvgIpc) is 3.56. The van der Waals surface area contributed by atoms with Crippen LogP contribution < -0.4 is 0 Å². The molecule has 0 amide bonds. The molecule has 8 aromatic rings. The van der Waals surface area contributed by atoms with E-state index < -0.39 is 0 Å². The van der Waals surface area contributed by atoms with Crippen LogP contribution in [0.3, 0.4) is 0 Å². The van der Waals surface area contributed by atoms with Gasteiger partial charge in [-0.2, -0.15) is 0 Å². The van der Waals surface area contributed by atoms with E-state index in [-0.39, 0.29) is 43.1 Å². The molecule has 0 aliphatic carbocycles. The molecule has 3 aromatic heterocycles. The zero-order valence-electron chi connectivity index (χ0n) is 34.2. The predicted octanol–water partition coefficient (Wildman–Crippen LogP) is 13.0. The largest absolute Gasteiger partial charge is 0.507 e. The number of hydrogen-bond acceptors (Lipinski definition) is 4. The van der Waals surface area contributed by atoms with Crippen LogP contribution in [-0.4, -0.2) is 24.6 Å². The third-order valence-electron chi connectivity index (χ3n) is 10.8. The molecule has 0 bridgehead atoms. The number of para-hydroxylation sites is 2. The second-order valence-electron chi connectivity index (χ2n) is 18.0. The molecule has 0 aliphatic rings. The van der Waals surface area contributed by atoms with Crippen LogP contribution in [0.5, 0.6) is 5.75 Å². The van der Waals surface area contributed by atoms with E-state index in [2.05, 4.69) is 157 Å². The summed E-state index contributed by atoms with van der Waals surface area (Å²) >= 11 is 0. The van der Waals surface area contributed by atoms with Gasteiger partial charge in [0.25, 0.3) is 0 Å². The summed E-state index contributed by atoms with van der Waals surface area (Å²) in [6, 6.07) is 41.8. The SMILES string of the molecule is CC(C)(C)c1cc(-c2cc(-c3ccncc3)cc3c(C(C)(C)C)ccnc23)[c-]c(-c2cccc3c2nc(-c2cc(C(C)(C)C)ccc2O)n3-c2ccccc2)c1.[Pt]. The number of rotatable bonds is 5. The van der Waals surface area contributed by atoms with Crippen LogP contribution in [0.1, 0.15) is 79.0 Å². The van der Waals surface area contributed by atoms with Crippen molar-refractivity contribution >= 4 is 21.9 Å². The van der Waals surface area contributed by atoms with Crippen LogP contribution in [-0.2, 0) is 37.3 Å². The quantitative estimate of drug-likeness (QED) is 0.175.